The molecule has 0 spiro atoms. The fraction of sp³-hybridized carbons (Fsp3) is 0.412. The van der Waals surface area contributed by atoms with Crippen molar-refractivity contribution in [3.05, 3.63) is 83.4 Å². The van der Waals surface area contributed by atoms with Gasteiger partial charge in [-0.2, -0.15) is 0 Å². The van der Waals surface area contributed by atoms with E-state index in [2.05, 4.69) is 5.32 Å². The van der Waals surface area contributed by atoms with Crippen molar-refractivity contribution in [2.24, 2.45) is 0 Å². The number of amides is 2. The summed E-state index contributed by atoms with van der Waals surface area (Å²) in [5.41, 5.74) is 1.03. The number of carbonyl (C=O) groups is 2. The van der Waals surface area contributed by atoms with E-state index in [4.69, 9.17) is 21.1 Å². The number of ether oxygens (including phenoxy) is 2. The van der Waals surface area contributed by atoms with Crippen LogP contribution in [0, 0.1) is 0 Å². The maximum absolute atomic E-state index is 14.3. The summed E-state index contributed by atoms with van der Waals surface area (Å²) in [4.78, 5) is 29.5. The number of rotatable bonds is 14. The van der Waals surface area contributed by atoms with E-state index in [1.165, 1.54) is 29.2 Å². The van der Waals surface area contributed by atoms with E-state index in [9.17, 15) is 18.0 Å². The zero-order valence-corrected chi connectivity index (χ0v) is 27.6. The third-order valence-corrected chi connectivity index (χ3v) is 9.98. The maximum Gasteiger partial charge on any atom is 0.264 e. The van der Waals surface area contributed by atoms with Crippen molar-refractivity contribution in [1.82, 2.24) is 10.2 Å². The molecule has 1 atom stereocenters. The molecule has 1 fully saturated rings. The summed E-state index contributed by atoms with van der Waals surface area (Å²) in [7, 11) is -2.66. The van der Waals surface area contributed by atoms with Crippen LogP contribution < -0.4 is 19.1 Å². The van der Waals surface area contributed by atoms with Gasteiger partial charge in [0.15, 0.2) is 0 Å². The molecule has 9 nitrogen and oxygen atoms in total. The molecule has 1 N–H and O–H groups in total. The van der Waals surface area contributed by atoms with Gasteiger partial charge in [0.25, 0.3) is 10.0 Å². The summed E-state index contributed by atoms with van der Waals surface area (Å²) in [5, 5.41) is 3.55. The fourth-order valence-electron chi connectivity index (χ4n) is 5.57. The summed E-state index contributed by atoms with van der Waals surface area (Å²) in [6, 6.07) is 18.8. The van der Waals surface area contributed by atoms with E-state index in [0.717, 1.165) is 42.0 Å². The molecular formula is C34H42ClN3O6S. The molecule has 0 bridgehead atoms. The molecule has 0 heterocycles. The van der Waals surface area contributed by atoms with Crippen molar-refractivity contribution >= 4 is 39.1 Å². The van der Waals surface area contributed by atoms with Crippen molar-refractivity contribution in [2.45, 2.75) is 75.9 Å². The van der Waals surface area contributed by atoms with Gasteiger partial charge in [-0.05, 0) is 92.4 Å². The number of hydrogen-bond donors (Lipinski definition) is 1. The molecule has 3 aromatic rings. The molecule has 0 radical (unpaired) electrons. The highest BCUT2D eigenvalue weighted by Crippen LogP contribution is 2.28. The number of hydrogen-bond acceptors (Lipinski definition) is 6. The average Bonchev–Trinajstić information content (AvgIpc) is 3.04. The van der Waals surface area contributed by atoms with Gasteiger partial charge < -0.3 is 19.7 Å². The van der Waals surface area contributed by atoms with Gasteiger partial charge >= 0.3 is 0 Å². The van der Waals surface area contributed by atoms with Crippen molar-refractivity contribution in [3.63, 3.8) is 0 Å². The predicted octanol–water partition coefficient (Wildman–Crippen LogP) is 6.20. The topological polar surface area (TPSA) is 105 Å². The van der Waals surface area contributed by atoms with Gasteiger partial charge in [-0.3, -0.25) is 13.9 Å². The molecule has 3 aromatic carbocycles. The zero-order valence-electron chi connectivity index (χ0n) is 26.1. The standard InChI is InChI=1S/C34H42ClN3O6S/c1-4-32(34(40)36-27-11-7-6-8-12-27)37(23-25-10-9-13-30(22-25)43-3)33(39)24-38(28-16-18-29(19-17-28)44-5-2)45(41,42)31-20-14-26(35)15-21-31/h9-10,13-22,27,32H,4-8,11-12,23-24H2,1-3H3,(H,36,40)/t32-/m1/s1. The Morgan fingerprint density at radius 3 is 2.27 bits per heavy atom. The lowest BCUT2D eigenvalue weighted by Gasteiger charge is -2.34. The highest BCUT2D eigenvalue weighted by atomic mass is 35.5. The quantitative estimate of drug-likeness (QED) is 0.222. The average molecular weight is 656 g/mol. The number of methoxy groups -OCH3 is 1. The predicted molar refractivity (Wildman–Crippen MR) is 176 cm³/mol. The minimum absolute atomic E-state index is 0.0185. The first-order valence-corrected chi connectivity index (χ1v) is 17.2. The summed E-state index contributed by atoms with van der Waals surface area (Å²) in [6.07, 6.45) is 5.39. The molecule has 1 aliphatic rings. The van der Waals surface area contributed by atoms with Gasteiger partial charge in [0.2, 0.25) is 11.8 Å². The Bertz CT molecular complexity index is 1530. The van der Waals surface area contributed by atoms with Crippen LogP contribution in [0.1, 0.15) is 57.9 Å². The molecule has 2 amide bonds. The molecule has 1 aliphatic carbocycles. The van der Waals surface area contributed by atoms with Crippen LogP contribution in [0.5, 0.6) is 11.5 Å². The molecule has 11 heteroatoms. The zero-order chi connectivity index (χ0) is 32.4. The van der Waals surface area contributed by atoms with Gasteiger partial charge in [-0.25, -0.2) is 8.42 Å². The number of nitrogens with one attached hydrogen (secondary N) is 1. The third-order valence-electron chi connectivity index (χ3n) is 7.94. The monoisotopic (exact) mass is 655 g/mol. The van der Waals surface area contributed by atoms with Crippen molar-refractivity contribution < 1.29 is 27.5 Å². The van der Waals surface area contributed by atoms with Crippen LogP contribution >= 0.6 is 11.6 Å². The summed E-state index contributed by atoms with van der Waals surface area (Å²) < 4.78 is 40.2. The summed E-state index contributed by atoms with van der Waals surface area (Å²) in [5.74, 6) is 0.422. The van der Waals surface area contributed by atoms with E-state index in [1.807, 2.05) is 26.0 Å². The normalized spacial score (nSPS) is 14.3. The van der Waals surface area contributed by atoms with Crippen LogP contribution in [0.2, 0.25) is 5.02 Å². The largest absolute Gasteiger partial charge is 0.497 e. The number of halogens is 1. The Morgan fingerprint density at radius 1 is 0.956 bits per heavy atom. The van der Waals surface area contributed by atoms with Gasteiger partial charge in [-0.1, -0.05) is 49.9 Å². The van der Waals surface area contributed by atoms with Gasteiger partial charge in [0, 0.05) is 17.6 Å². The Labute approximate surface area is 271 Å². The Hall–Kier alpha value is -3.76. The molecule has 0 saturated heterocycles. The van der Waals surface area contributed by atoms with Crippen LogP contribution in [-0.2, 0) is 26.2 Å². The second-order valence-corrected chi connectivity index (χ2v) is 13.3. The SMILES string of the molecule is CCOc1ccc(N(CC(=O)N(Cc2cccc(OC)c2)[C@H](CC)C(=O)NC2CCCCC2)S(=O)(=O)c2ccc(Cl)cc2)cc1. The lowest BCUT2D eigenvalue weighted by atomic mass is 9.95. The molecular weight excluding hydrogens is 614 g/mol. The minimum atomic E-state index is -4.22. The van der Waals surface area contributed by atoms with Gasteiger partial charge in [0.05, 0.1) is 24.3 Å². The van der Waals surface area contributed by atoms with E-state index in [1.54, 1.807) is 43.5 Å². The fourth-order valence-corrected chi connectivity index (χ4v) is 7.11. The van der Waals surface area contributed by atoms with Gasteiger partial charge in [0.1, 0.15) is 24.1 Å². The molecule has 242 valence electrons. The summed E-state index contributed by atoms with van der Waals surface area (Å²) >= 11 is 6.05. The first kappa shape index (κ1) is 34.1. The Morgan fingerprint density at radius 2 is 1.64 bits per heavy atom. The number of benzene rings is 3. The van der Waals surface area contributed by atoms with Gasteiger partial charge in [-0.15, -0.1) is 0 Å². The highest BCUT2D eigenvalue weighted by molar-refractivity contribution is 7.92. The maximum atomic E-state index is 14.3. The molecule has 0 aromatic heterocycles. The first-order valence-electron chi connectivity index (χ1n) is 15.4. The third kappa shape index (κ3) is 8.92. The number of nitrogens with zero attached hydrogens (tertiary/aromatic N) is 2. The molecule has 1 saturated carbocycles. The van der Waals surface area contributed by atoms with Crippen molar-refractivity contribution in [1.29, 1.82) is 0 Å². The number of carbonyl (C=O) groups excluding carboxylic acids is 2. The summed E-state index contributed by atoms with van der Waals surface area (Å²) in [6.45, 7) is 3.72. The Kier molecular flexibility index (Phi) is 12.1. The van der Waals surface area contributed by atoms with Crippen LogP contribution in [0.3, 0.4) is 0 Å². The molecule has 0 unspecified atom stereocenters. The van der Waals surface area contributed by atoms with Crippen molar-refractivity contribution in [2.75, 3.05) is 24.6 Å². The van der Waals surface area contributed by atoms with Crippen LogP contribution in [0.15, 0.2) is 77.7 Å². The smallest absolute Gasteiger partial charge is 0.264 e. The van der Waals surface area contributed by atoms with Crippen LogP contribution in [0.25, 0.3) is 0 Å². The van der Waals surface area contributed by atoms with E-state index < -0.39 is 28.5 Å². The minimum Gasteiger partial charge on any atom is -0.497 e. The van der Waals surface area contributed by atoms with E-state index >= 15 is 0 Å². The van der Waals surface area contributed by atoms with E-state index in [0.29, 0.717) is 29.5 Å². The Balaban J connectivity index is 1.72. The molecule has 0 aliphatic heterocycles. The highest BCUT2D eigenvalue weighted by Gasteiger charge is 2.34. The first-order chi connectivity index (χ1) is 21.7. The lowest BCUT2D eigenvalue weighted by molar-refractivity contribution is -0.140. The number of anilines is 1. The lowest BCUT2D eigenvalue weighted by Crippen LogP contribution is -2.54. The number of sulfonamides is 1. The van der Waals surface area contributed by atoms with Crippen molar-refractivity contribution in [3.8, 4) is 11.5 Å². The van der Waals surface area contributed by atoms with E-state index in [-0.39, 0.29) is 29.1 Å². The molecule has 4 rings (SSSR count). The van der Waals surface area contributed by atoms with Crippen LogP contribution in [-0.4, -0.2) is 57.5 Å². The second kappa shape index (κ2) is 16.0. The molecule has 45 heavy (non-hydrogen) atoms. The second-order valence-electron chi connectivity index (χ2n) is 11.0. The van der Waals surface area contributed by atoms with Crippen LogP contribution in [0.4, 0.5) is 5.69 Å².